The van der Waals surface area contributed by atoms with Crippen molar-refractivity contribution < 1.29 is 23.5 Å². The Bertz CT molecular complexity index is 1490. The van der Waals surface area contributed by atoms with E-state index in [-0.39, 0.29) is 42.2 Å². The number of aryl methyl sites for hydroxylation is 1. The van der Waals surface area contributed by atoms with Gasteiger partial charge in [0.2, 0.25) is 11.8 Å². The number of nitrogens with one attached hydrogen (secondary N) is 2. The number of carbonyl (C=O) groups excluding carboxylic acids is 2. The third kappa shape index (κ3) is 5.24. The molecule has 4 aromatic rings. The fourth-order valence-electron chi connectivity index (χ4n) is 5.80. The number of nitrogens with zero attached hydrogens (tertiary/aromatic N) is 1. The molecule has 5 rings (SSSR count). The molecule has 8 heteroatoms. The second-order valence-corrected chi connectivity index (χ2v) is 10.8. The number of furan rings is 1. The Hall–Kier alpha value is -4.20. The molecule has 0 aliphatic heterocycles. The number of amides is 2. The van der Waals surface area contributed by atoms with Gasteiger partial charge in [-0.05, 0) is 60.1 Å². The minimum atomic E-state index is -0.322. The van der Waals surface area contributed by atoms with Crippen LogP contribution in [0.2, 0.25) is 0 Å². The predicted octanol–water partition coefficient (Wildman–Crippen LogP) is 5.88. The number of H-pyrrole nitrogens is 1. The smallest absolute Gasteiger partial charge is 0.244 e. The van der Waals surface area contributed by atoms with Crippen molar-refractivity contribution in [1.82, 2.24) is 9.88 Å². The maximum absolute atomic E-state index is 13.7. The highest BCUT2D eigenvalue weighted by atomic mass is 16.5. The van der Waals surface area contributed by atoms with Gasteiger partial charge in [0.25, 0.3) is 0 Å². The van der Waals surface area contributed by atoms with E-state index in [9.17, 15) is 9.59 Å². The van der Waals surface area contributed by atoms with Crippen molar-refractivity contribution in [2.75, 3.05) is 26.1 Å². The highest BCUT2D eigenvalue weighted by molar-refractivity contribution is 5.96. The quantitative estimate of drug-likeness (QED) is 0.267. The first kappa shape index (κ1) is 26.4. The molecule has 2 aromatic carbocycles. The maximum Gasteiger partial charge on any atom is 0.244 e. The third-order valence-corrected chi connectivity index (χ3v) is 8.00. The first-order valence-corrected chi connectivity index (χ1v) is 13.1. The summed E-state index contributed by atoms with van der Waals surface area (Å²) in [6.45, 7) is 6.64. The number of carbonyl (C=O) groups is 2. The molecule has 1 fully saturated rings. The molecule has 0 radical (unpaired) electrons. The molecule has 1 saturated carbocycles. The number of para-hydroxylation sites is 1. The lowest BCUT2D eigenvalue weighted by atomic mass is 10.0. The molecule has 8 nitrogen and oxygen atoms in total. The molecule has 1 aliphatic rings. The Kier molecular flexibility index (Phi) is 7.12. The fourth-order valence-corrected chi connectivity index (χ4v) is 5.80. The minimum Gasteiger partial charge on any atom is -0.497 e. The van der Waals surface area contributed by atoms with Crippen molar-refractivity contribution in [3.8, 4) is 11.5 Å². The molecule has 39 heavy (non-hydrogen) atoms. The molecule has 2 atom stereocenters. The van der Waals surface area contributed by atoms with E-state index in [0.29, 0.717) is 29.4 Å². The summed E-state index contributed by atoms with van der Waals surface area (Å²) in [4.78, 5) is 31.9. The standard InChI is InChI=1S/C31H35N3O5/c1-19-29(22-10-6-7-11-24(22)32-19)30-23(31(30,2)3)16-28(36)34(17-21-9-8-14-39-21)18-27(35)33-25-13-12-20(37-4)15-26(25)38-5/h6-15,23,30,32H,16-18H2,1-5H3,(H,33,35)/t23-,30+/m0/s1. The van der Waals surface area contributed by atoms with Crippen LogP contribution in [-0.4, -0.2) is 42.5 Å². The minimum absolute atomic E-state index is 0.0412. The van der Waals surface area contributed by atoms with E-state index in [4.69, 9.17) is 13.9 Å². The lowest BCUT2D eigenvalue weighted by molar-refractivity contribution is -0.136. The molecular formula is C31H35N3O5. The second kappa shape index (κ2) is 10.5. The van der Waals surface area contributed by atoms with Crippen LogP contribution in [0, 0.1) is 18.3 Å². The number of aromatic nitrogens is 1. The van der Waals surface area contributed by atoms with E-state index >= 15 is 0 Å². The van der Waals surface area contributed by atoms with Gasteiger partial charge in [-0.3, -0.25) is 9.59 Å². The molecule has 0 bridgehead atoms. The summed E-state index contributed by atoms with van der Waals surface area (Å²) in [6.07, 6.45) is 1.91. The van der Waals surface area contributed by atoms with Crippen LogP contribution in [-0.2, 0) is 16.1 Å². The predicted molar refractivity (Wildman–Crippen MR) is 150 cm³/mol. The lowest BCUT2D eigenvalue weighted by Gasteiger charge is -2.22. The Morgan fingerprint density at radius 3 is 2.59 bits per heavy atom. The van der Waals surface area contributed by atoms with Crippen LogP contribution in [0.5, 0.6) is 11.5 Å². The summed E-state index contributed by atoms with van der Waals surface area (Å²) in [5.41, 5.74) is 4.01. The molecule has 0 unspecified atom stereocenters. The molecule has 1 aliphatic carbocycles. The highest BCUT2D eigenvalue weighted by Gasteiger charge is 2.59. The molecule has 2 amide bonds. The van der Waals surface area contributed by atoms with Crippen molar-refractivity contribution in [3.05, 3.63) is 77.9 Å². The summed E-state index contributed by atoms with van der Waals surface area (Å²) in [6, 6.07) is 17.1. The van der Waals surface area contributed by atoms with Gasteiger partial charge in [0, 0.05) is 29.1 Å². The SMILES string of the molecule is COc1ccc(NC(=O)CN(Cc2ccco2)C(=O)C[C@H]2[C@H](c3c(C)[nH]c4ccccc34)C2(C)C)c(OC)c1. The number of fused-ring (bicyclic) bond motifs is 1. The summed E-state index contributed by atoms with van der Waals surface area (Å²) >= 11 is 0. The molecule has 2 aromatic heterocycles. The van der Waals surface area contributed by atoms with Crippen LogP contribution < -0.4 is 14.8 Å². The van der Waals surface area contributed by atoms with Crippen molar-refractivity contribution >= 4 is 28.4 Å². The van der Waals surface area contributed by atoms with Crippen LogP contribution >= 0.6 is 0 Å². The van der Waals surface area contributed by atoms with E-state index in [1.807, 2.05) is 12.1 Å². The van der Waals surface area contributed by atoms with Crippen LogP contribution in [0.3, 0.4) is 0 Å². The number of aromatic amines is 1. The van der Waals surface area contributed by atoms with Gasteiger partial charge in [-0.25, -0.2) is 0 Å². The van der Waals surface area contributed by atoms with E-state index in [1.54, 1.807) is 42.5 Å². The Balaban J connectivity index is 1.33. The van der Waals surface area contributed by atoms with Gasteiger partial charge >= 0.3 is 0 Å². The van der Waals surface area contributed by atoms with Crippen LogP contribution in [0.25, 0.3) is 10.9 Å². The van der Waals surface area contributed by atoms with E-state index < -0.39 is 0 Å². The number of hydrogen-bond acceptors (Lipinski definition) is 5. The average Bonchev–Trinajstić information content (AvgIpc) is 3.29. The fraction of sp³-hybridized carbons (Fsp3) is 0.355. The summed E-state index contributed by atoms with van der Waals surface area (Å²) in [5.74, 6) is 1.72. The molecule has 2 heterocycles. The molecule has 2 N–H and O–H groups in total. The number of hydrogen-bond donors (Lipinski definition) is 2. The van der Waals surface area contributed by atoms with Crippen LogP contribution in [0.4, 0.5) is 5.69 Å². The number of benzene rings is 2. The van der Waals surface area contributed by atoms with Gasteiger partial charge in [-0.15, -0.1) is 0 Å². The normalized spacial score (nSPS) is 17.6. The third-order valence-electron chi connectivity index (χ3n) is 8.00. The van der Waals surface area contributed by atoms with Crippen molar-refractivity contribution in [2.24, 2.45) is 11.3 Å². The van der Waals surface area contributed by atoms with E-state index in [1.165, 1.54) is 18.1 Å². The van der Waals surface area contributed by atoms with E-state index in [0.717, 1.165) is 11.2 Å². The summed E-state index contributed by atoms with van der Waals surface area (Å²) in [7, 11) is 3.09. The Morgan fingerprint density at radius 1 is 1.08 bits per heavy atom. The second-order valence-electron chi connectivity index (χ2n) is 10.8. The number of methoxy groups -OCH3 is 2. The highest BCUT2D eigenvalue weighted by Crippen LogP contribution is 2.67. The Labute approximate surface area is 228 Å². The summed E-state index contributed by atoms with van der Waals surface area (Å²) < 4.78 is 16.2. The topological polar surface area (TPSA) is 96.8 Å². The maximum atomic E-state index is 13.7. The van der Waals surface area contributed by atoms with Gasteiger partial charge in [0.05, 0.1) is 32.7 Å². The van der Waals surface area contributed by atoms with Gasteiger partial charge in [-0.1, -0.05) is 32.0 Å². The van der Waals surface area contributed by atoms with Crippen molar-refractivity contribution in [1.29, 1.82) is 0 Å². The number of rotatable bonds is 10. The van der Waals surface area contributed by atoms with Gasteiger partial charge in [0.15, 0.2) is 0 Å². The van der Waals surface area contributed by atoms with Gasteiger partial charge in [0.1, 0.15) is 23.8 Å². The first-order chi connectivity index (χ1) is 18.7. The van der Waals surface area contributed by atoms with Crippen molar-refractivity contribution in [3.63, 3.8) is 0 Å². The summed E-state index contributed by atoms with van der Waals surface area (Å²) in [5, 5.41) is 4.08. The van der Waals surface area contributed by atoms with Crippen molar-refractivity contribution in [2.45, 2.75) is 39.7 Å². The van der Waals surface area contributed by atoms with E-state index in [2.05, 4.69) is 49.3 Å². The zero-order chi connectivity index (χ0) is 27.7. The van der Waals surface area contributed by atoms with Gasteiger partial charge < -0.3 is 29.1 Å². The number of anilines is 1. The largest absolute Gasteiger partial charge is 0.497 e. The zero-order valence-corrected chi connectivity index (χ0v) is 23.0. The van der Waals surface area contributed by atoms with Crippen LogP contribution in [0.15, 0.2) is 65.3 Å². The number of ether oxygens (including phenoxy) is 2. The molecule has 0 spiro atoms. The molecule has 0 saturated heterocycles. The average molecular weight is 530 g/mol. The monoisotopic (exact) mass is 529 g/mol. The first-order valence-electron chi connectivity index (χ1n) is 13.1. The molecular weight excluding hydrogens is 494 g/mol. The lowest BCUT2D eigenvalue weighted by Crippen LogP contribution is -2.37. The molecule has 204 valence electrons. The van der Waals surface area contributed by atoms with Crippen LogP contribution in [0.1, 0.15) is 43.2 Å². The Morgan fingerprint density at radius 2 is 1.87 bits per heavy atom. The van der Waals surface area contributed by atoms with Gasteiger partial charge in [-0.2, -0.15) is 0 Å². The zero-order valence-electron chi connectivity index (χ0n) is 23.0.